The number of fused-ring (bicyclic) bond motifs is 12. The number of nitrogens with zero attached hydrogens (tertiary/aromatic N) is 9. The van der Waals surface area contributed by atoms with E-state index in [1.165, 1.54) is 0 Å². The number of hydrogen-bond acceptors (Lipinski definition) is 6. The number of benzene rings is 7. The highest BCUT2D eigenvalue weighted by Crippen LogP contribution is 2.50. The van der Waals surface area contributed by atoms with E-state index >= 15 is 0 Å². The Morgan fingerprint density at radius 1 is 0.431 bits per heavy atom. The van der Waals surface area contributed by atoms with Gasteiger partial charge in [0.05, 0.1) is 67.6 Å². The number of nitriles is 3. The third-order valence-corrected chi connectivity index (χ3v) is 12.4. The van der Waals surface area contributed by atoms with E-state index in [0.717, 1.165) is 88.0 Å². The van der Waals surface area contributed by atoms with Gasteiger partial charge in [-0.1, -0.05) is 96.1 Å². The van der Waals surface area contributed by atoms with Crippen LogP contribution in [-0.2, 0) is 10.8 Å². The predicted molar refractivity (Wildman–Crippen MR) is 260 cm³/mol. The van der Waals surface area contributed by atoms with Crippen molar-refractivity contribution >= 4 is 65.4 Å². The first-order chi connectivity index (χ1) is 31.4. The first-order valence-corrected chi connectivity index (χ1v) is 21.6. The van der Waals surface area contributed by atoms with Gasteiger partial charge in [-0.05, 0) is 84.9 Å². The predicted octanol–water partition coefficient (Wildman–Crippen LogP) is 13.0. The average Bonchev–Trinajstić information content (AvgIpc) is 3.97. The van der Waals surface area contributed by atoms with Crippen LogP contribution in [0.3, 0.4) is 0 Å². The summed E-state index contributed by atoms with van der Waals surface area (Å²) in [5, 5.41) is 37.1. The molecule has 4 aromatic heterocycles. The second-order valence-electron chi connectivity index (χ2n) is 18.7. The van der Waals surface area contributed by atoms with Gasteiger partial charge in [0.25, 0.3) is 0 Å². The molecule has 0 unspecified atom stereocenters. The fourth-order valence-electron chi connectivity index (χ4n) is 9.44. The molecule has 65 heavy (non-hydrogen) atoms. The summed E-state index contributed by atoms with van der Waals surface area (Å²) in [4.78, 5) is 14.9. The van der Waals surface area contributed by atoms with Gasteiger partial charge in [0.15, 0.2) is 5.82 Å². The van der Waals surface area contributed by atoms with Gasteiger partial charge in [0.2, 0.25) is 0 Å². The van der Waals surface area contributed by atoms with Gasteiger partial charge in [-0.3, -0.25) is 0 Å². The van der Waals surface area contributed by atoms with Crippen molar-refractivity contribution in [2.45, 2.75) is 52.4 Å². The first-order valence-electron chi connectivity index (χ1n) is 21.6. The molecule has 0 amide bonds. The van der Waals surface area contributed by atoms with Crippen molar-refractivity contribution in [3.05, 3.63) is 168 Å². The van der Waals surface area contributed by atoms with E-state index in [2.05, 4.69) is 146 Å². The van der Waals surface area contributed by atoms with Crippen molar-refractivity contribution in [1.82, 2.24) is 28.7 Å². The summed E-state index contributed by atoms with van der Waals surface area (Å²) in [6.45, 7) is 12.6. The molecule has 11 rings (SSSR count). The average molecular weight is 840 g/mol. The van der Waals surface area contributed by atoms with E-state index in [1.54, 1.807) is 0 Å². The Morgan fingerprint density at radius 2 is 0.831 bits per heavy atom. The Hall–Kier alpha value is -8.58. The smallest absolute Gasteiger partial charge is 0.163 e. The molecule has 0 bridgehead atoms. The van der Waals surface area contributed by atoms with Crippen LogP contribution in [0.1, 0.15) is 69.9 Å². The molecule has 0 aliphatic carbocycles. The van der Waals surface area contributed by atoms with E-state index in [1.807, 2.05) is 66.7 Å². The van der Waals surface area contributed by atoms with Crippen LogP contribution >= 0.6 is 0 Å². The van der Waals surface area contributed by atoms with Gasteiger partial charge in [-0.15, -0.1) is 0 Å². The van der Waals surface area contributed by atoms with Crippen LogP contribution < -0.4 is 0 Å². The molecule has 310 valence electrons. The third kappa shape index (κ3) is 5.92. The molecule has 0 fully saturated rings. The molecule has 4 heterocycles. The molecular formula is C56H41N9. The zero-order valence-electron chi connectivity index (χ0n) is 36.8. The molecule has 9 nitrogen and oxygen atoms in total. The maximum absolute atomic E-state index is 11.2. The maximum Gasteiger partial charge on any atom is 0.163 e. The lowest BCUT2D eigenvalue weighted by Crippen LogP contribution is -2.24. The molecule has 9 heteroatoms. The second kappa shape index (κ2) is 14.2. The lowest BCUT2D eigenvalue weighted by molar-refractivity contribution is 0.497. The van der Waals surface area contributed by atoms with Crippen molar-refractivity contribution < 1.29 is 0 Å². The number of aromatic nitrogens is 6. The standard InChI is InChI=1S/C56H41N9/c1-55(2,3)53-60-52(61-54(62-53)56(4,5)6)35-23-28-42(36(29-35)32-59)65-45-18-12-9-15-41(45)48-50-46(39-13-7-10-16-43(39)63(50)37-24-19-33(30-57)20-25-37)49-47(51(48)65)40-14-8-11-17-44(40)64(49)38-26-21-34(31-58)22-27-38/h7-29H,1-6H3. The quantitative estimate of drug-likeness (QED) is 0.174. The molecule has 0 saturated heterocycles. The normalized spacial score (nSPS) is 12.1. The highest BCUT2D eigenvalue weighted by molar-refractivity contribution is 6.40. The molecule has 0 saturated carbocycles. The summed E-state index contributed by atoms with van der Waals surface area (Å²) < 4.78 is 6.90. The van der Waals surface area contributed by atoms with E-state index in [0.29, 0.717) is 34.2 Å². The molecule has 0 aliphatic rings. The van der Waals surface area contributed by atoms with Crippen molar-refractivity contribution in [2.24, 2.45) is 0 Å². The Balaban J connectivity index is 1.35. The number of para-hydroxylation sites is 3. The molecule has 11 aromatic rings. The minimum Gasteiger partial charge on any atom is -0.308 e. The third-order valence-electron chi connectivity index (χ3n) is 12.4. The monoisotopic (exact) mass is 839 g/mol. The van der Waals surface area contributed by atoms with Gasteiger partial charge >= 0.3 is 0 Å². The highest BCUT2D eigenvalue weighted by Gasteiger charge is 2.30. The van der Waals surface area contributed by atoms with E-state index in [-0.39, 0.29) is 10.8 Å². The lowest BCUT2D eigenvalue weighted by Gasteiger charge is -2.23. The van der Waals surface area contributed by atoms with Gasteiger partial charge < -0.3 is 13.7 Å². The van der Waals surface area contributed by atoms with Gasteiger partial charge in [0, 0.05) is 60.1 Å². The number of rotatable bonds is 4. The van der Waals surface area contributed by atoms with Gasteiger partial charge in [-0.2, -0.15) is 15.8 Å². The van der Waals surface area contributed by atoms with Crippen LogP contribution in [0.25, 0.3) is 93.9 Å². The van der Waals surface area contributed by atoms with Crippen molar-refractivity contribution in [3.63, 3.8) is 0 Å². The Kier molecular flexibility index (Phi) is 8.60. The van der Waals surface area contributed by atoms with Crippen LogP contribution in [0.5, 0.6) is 0 Å². The summed E-state index contributed by atoms with van der Waals surface area (Å²) >= 11 is 0. The molecule has 7 aromatic carbocycles. The molecular weight excluding hydrogens is 799 g/mol. The van der Waals surface area contributed by atoms with Crippen LogP contribution in [-0.4, -0.2) is 28.7 Å². The van der Waals surface area contributed by atoms with Crippen molar-refractivity contribution in [3.8, 4) is 46.7 Å². The minimum absolute atomic E-state index is 0.327. The Morgan fingerprint density at radius 3 is 1.23 bits per heavy atom. The zero-order chi connectivity index (χ0) is 44.9. The number of hydrogen-bond donors (Lipinski definition) is 0. The zero-order valence-corrected chi connectivity index (χ0v) is 36.8. The Bertz CT molecular complexity index is 3800. The van der Waals surface area contributed by atoms with Gasteiger partial charge in [0.1, 0.15) is 17.7 Å². The summed E-state index contributed by atoms with van der Waals surface area (Å²) in [7, 11) is 0. The fraction of sp³-hybridized carbons (Fsp3) is 0.143. The van der Waals surface area contributed by atoms with Crippen LogP contribution in [0.2, 0.25) is 0 Å². The summed E-state index contributed by atoms with van der Waals surface area (Å²) in [6, 6.07) is 54.1. The topological polar surface area (TPSA) is 125 Å². The van der Waals surface area contributed by atoms with Crippen molar-refractivity contribution in [1.29, 1.82) is 15.8 Å². The van der Waals surface area contributed by atoms with E-state index in [9.17, 15) is 15.8 Å². The summed E-state index contributed by atoms with van der Waals surface area (Å²) in [6.07, 6.45) is 0. The lowest BCUT2D eigenvalue weighted by atomic mass is 9.93. The summed E-state index contributed by atoms with van der Waals surface area (Å²) in [5.41, 5.74) is 10.2. The molecule has 0 spiro atoms. The van der Waals surface area contributed by atoms with E-state index in [4.69, 9.17) is 15.0 Å². The molecule has 0 radical (unpaired) electrons. The van der Waals surface area contributed by atoms with E-state index < -0.39 is 0 Å². The fourth-order valence-corrected chi connectivity index (χ4v) is 9.44. The molecule has 0 atom stereocenters. The molecule has 0 aliphatic heterocycles. The minimum atomic E-state index is -0.327. The largest absolute Gasteiger partial charge is 0.308 e. The van der Waals surface area contributed by atoms with Gasteiger partial charge in [-0.25, -0.2) is 15.0 Å². The highest BCUT2D eigenvalue weighted by atomic mass is 15.1. The van der Waals surface area contributed by atoms with Crippen LogP contribution in [0.4, 0.5) is 0 Å². The van der Waals surface area contributed by atoms with Crippen LogP contribution in [0, 0.1) is 34.0 Å². The first kappa shape index (κ1) is 39.3. The maximum atomic E-state index is 11.2. The van der Waals surface area contributed by atoms with Crippen molar-refractivity contribution in [2.75, 3.05) is 0 Å². The SMILES string of the molecule is CC(C)(C)c1nc(-c2ccc(-n3c4ccccc4c4c5c(c6ccccc6n5-c5ccc(C#N)cc5)c5c(c6ccccc6n5-c5ccc(C#N)cc5)c43)c(C#N)c2)nc(C(C)(C)C)n1. The van der Waals surface area contributed by atoms with Crippen LogP contribution in [0.15, 0.2) is 140 Å². The second-order valence-corrected chi connectivity index (χ2v) is 18.7. The molecule has 0 N–H and O–H groups in total. The Labute approximate surface area is 375 Å². The summed E-state index contributed by atoms with van der Waals surface area (Å²) in [5.74, 6) is 1.92.